The predicted molar refractivity (Wildman–Crippen MR) is 208 cm³/mol. The van der Waals surface area contributed by atoms with Crippen molar-refractivity contribution in [3.8, 4) is 34.6 Å². The molecule has 2 heterocycles. The lowest BCUT2D eigenvalue weighted by Gasteiger charge is -2.18. The van der Waals surface area contributed by atoms with Gasteiger partial charge in [0.25, 0.3) is 0 Å². The van der Waals surface area contributed by atoms with Gasteiger partial charge < -0.3 is 44.7 Å². The number of methoxy groups -OCH3 is 2. The summed E-state index contributed by atoms with van der Waals surface area (Å²) in [4.78, 5) is 30.8. The van der Waals surface area contributed by atoms with Crippen LogP contribution in [0.15, 0.2) is 57.5 Å². The van der Waals surface area contributed by atoms with Crippen LogP contribution in [0.4, 0.5) is 0 Å². The minimum atomic E-state index is -1.07. The zero-order valence-electron chi connectivity index (χ0n) is 30.5. The number of nitrogens with one attached hydrogen (secondary N) is 1. The van der Waals surface area contributed by atoms with Crippen molar-refractivity contribution in [2.45, 2.75) is 77.9 Å². The molecule has 0 aliphatic carbocycles. The minimum absolute atomic E-state index is 0.100. The highest BCUT2D eigenvalue weighted by molar-refractivity contribution is 9.10. The highest BCUT2D eigenvalue weighted by Crippen LogP contribution is 2.35. The van der Waals surface area contributed by atoms with Gasteiger partial charge in [-0.25, -0.2) is 0 Å². The molecule has 2 aromatic heterocycles. The van der Waals surface area contributed by atoms with Crippen molar-refractivity contribution in [2.24, 2.45) is 0 Å². The smallest absolute Gasteiger partial charge is 0.306 e. The predicted octanol–water partition coefficient (Wildman–Crippen LogP) is 6.54. The van der Waals surface area contributed by atoms with Gasteiger partial charge in [-0.1, -0.05) is 36.4 Å². The third-order valence-electron chi connectivity index (χ3n) is 8.76. The number of aromatic nitrogens is 2. The normalized spacial score (nSPS) is 12.2. The monoisotopic (exact) mass is 873 g/mol. The van der Waals surface area contributed by atoms with Crippen LogP contribution in [-0.4, -0.2) is 75.3 Å². The molecule has 54 heavy (non-hydrogen) atoms. The number of hydrogen-bond acceptors (Lipinski definition) is 11. The van der Waals surface area contributed by atoms with Gasteiger partial charge >= 0.3 is 11.9 Å². The molecule has 2 aromatic carbocycles. The lowest BCUT2D eigenvalue weighted by atomic mass is 9.92. The number of aliphatic carboxylic acids is 2. The molecule has 0 spiro atoms. The summed E-state index contributed by atoms with van der Waals surface area (Å²) in [6, 6.07) is 15.8. The number of hydrogen-bond donors (Lipinski definition) is 5. The molecule has 0 aliphatic rings. The second-order valence-corrected chi connectivity index (χ2v) is 14.4. The Hall–Kier alpha value is -4.28. The second kappa shape index (κ2) is 20.4. The molecule has 0 unspecified atom stereocenters. The van der Waals surface area contributed by atoms with Crippen molar-refractivity contribution in [1.82, 2.24) is 15.3 Å². The van der Waals surface area contributed by atoms with E-state index in [1.54, 1.807) is 0 Å². The molecule has 0 aliphatic heterocycles. The van der Waals surface area contributed by atoms with Crippen LogP contribution in [0.3, 0.4) is 0 Å². The van der Waals surface area contributed by atoms with Crippen LogP contribution < -0.4 is 24.3 Å². The standard InChI is InChI=1S/C39H45Br2N3O10/c1-22-25(20-53-38-32(40)14-24(36(43-38)51-3)8-5-11-28(45)16-34(47)48)9-6-12-30(22)31-13-7-10-26(23(31)2)21-54-39-33(41)15-27(37(44-39)52-4)18-42-19-29(46)17-35(49)50/h6-7,9-10,12-15,28-29,42,45-46H,5,8,11,16-21H2,1-4H3,(H,47,48)(H,49,50)/t28-,29+/m0/s1. The summed E-state index contributed by atoms with van der Waals surface area (Å²) in [6.07, 6.45) is -1.10. The number of carboxylic acids is 2. The Kier molecular flexibility index (Phi) is 16.1. The first kappa shape index (κ1) is 42.5. The van der Waals surface area contributed by atoms with Crippen molar-refractivity contribution in [3.05, 3.63) is 90.9 Å². The molecule has 15 heteroatoms. The van der Waals surface area contributed by atoms with E-state index in [1.807, 2.05) is 36.4 Å². The molecule has 0 bridgehead atoms. The number of benzene rings is 2. The fourth-order valence-corrected chi connectivity index (χ4v) is 6.84. The van der Waals surface area contributed by atoms with E-state index in [-0.39, 0.29) is 32.6 Å². The number of pyridine rings is 2. The number of ether oxygens (including phenoxy) is 4. The largest absolute Gasteiger partial charge is 0.481 e. The van der Waals surface area contributed by atoms with E-state index in [1.165, 1.54) is 14.2 Å². The topological polar surface area (TPSA) is 190 Å². The number of aliphatic hydroxyl groups excluding tert-OH is 2. The minimum Gasteiger partial charge on any atom is -0.481 e. The molecular weight excluding hydrogens is 830 g/mol. The summed E-state index contributed by atoms with van der Waals surface area (Å²) in [5, 5.41) is 40.5. The maximum absolute atomic E-state index is 10.8. The van der Waals surface area contributed by atoms with E-state index in [9.17, 15) is 19.8 Å². The second-order valence-electron chi connectivity index (χ2n) is 12.7. The molecule has 4 rings (SSSR count). The average Bonchev–Trinajstić information content (AvgIpc) is 3.11. The maximum Gasteiger partial charge on any atom is 0.306 e. The molecule has 290 valence electrons. The number of aryl methyl sites for hydroxylation is 1. The summed E-state index contributed by atoms with van der Waals surface area (Å²) in [5.41, 5.74) is 7.66. The average molecular weight is 876 g/mol. The van der Waals surface area contributed by atoms with E-state index < -0.39 is 24.1 Å². The molecule has 4 aromatic rings. The van der Waals surface area contributed by atoms with Gasteiger partial charge in [0.05, 0.1) is 48.2 Å². The number of nitrogens with zero attached hydrogens (tertiary/aromatic N) is 2. The van der Waals surface area contributed by atoms with Crippen molar-refractivity contribution < 1.29 is 49.0 Å². The van der Waals surface area contributed by atoms with Gasteiger partial charge in [0.15, 0.2) is 0 Å². The van der Waals surface area contributed by atoms with E-state index >= 15 is 0 Å². The van der Waals surface area contributed by atoms with E-state index in [4.69, 9.17) is 29.2 Å². The van der Waals surface area contributed by atoms with Gasteiger partial charge in [0.2, 0.25) is 23.5 Å². The Bertz CT molecular complexity index is 1790. The van der Waals surface area contributed by atoms with E-state index in [2.05, 4.69) is 73.1 Å². The van der Waals surface area contributed by atoms with Crippen molar-refractivity contribution in [2.75, 3.05) is 20.8 Å². The van der Waals surface area contributed by atoms with Gasteiger partial charge in [-0.05, 0) is 110 Å². The Morgan fingerprint density at radius 3 is 1.70 bits per heavy atom. The van der Waals surface area contributed by atoms with Gasteiger partial charge in [-0.15, -0.1) is 0 Å². The number of rotatable bonds is 21. The molecule has 0 radical (unpaired) electrons. The maximum atomic E-state index is 10.8. The van der Waals surface area contributed by atoms with Gasteiger partial charge in [-0.3, -0.25) is 9.59 Å². The van der Waals surface area contributed by atoms with Crippen LogP contribution in [0, 0.1) is 13.8 Å². The van der Waals surface area contributed by atoms with Crippen LogP contribution in [0.1, 0.15) is 59.1 Å². The lowest BCUT2D eigenvalue weighted by molar-refractivity contribution is -0.140. The molecule has 5 N–H and O–H groups in total. The third kappa shape index (κ3) is 11.9. The summed E-state index contributed by atoms with van der Waals surface area (Å²) < 4.78 is 24.6. The van der Waals surface area contributed by atoms with Crippen molar-refractivity contribution in [3.63, 3.8) is 0 Å². The van der Waals surface area contributed by atoms with Crippen LogP contribution >= 0.6 is 31.9 Å². The fraction of sp³-hybridized carbons (Fsp3) is 0.385. The van der Waals surface area contributed by atoms with Gasteiger partial charge in [-0.2, -0.15) is 9.97 Å². The van der Waals surface area contributed by atoms with Crippen molar-refractivity contribution in [1.29, 1.82) is 0 Å². The molecule has 2 atom stereocenters. The van der Waals surface area contributed by atoms with Crippen LogP contribution in [-0.2, 0) is 35.8 Å². The van der Waals surface area contributed by atoms with Gasteiger partial charge in [0, 0.05) is 24.2 Å². The zero-order chi connectivity index (χ0) is 39.4. The first-order chi connectivity index (χ1) is 25.8. The van der Waals surface area contributed by atoms with Crippen LogP contribution in [0.5, 0.6) is 23.5 Å². The number of aliphatic hydroxyl groups is 2. The van der Waals surface area contributed by atoms with Gasteiger partial charge in [0.1, 0.15) is 13.2 Å². The Balaban J connectivity index is 1.43. The third-order valence-corrected chi connectivity index (χ3v) is 9.90. The first-order valence-corrected chi connectivity index (χ1v) is 18.8. The molecule has 0 saturated carbocycles. The SMILES string of the molecule is COc1nc(OCc2cccc(-c3cccc(COc4nc(OC)c(CNC[C@H](O)CC(=O)O)cc4Br)c3C)c2C)c(Br)cc1CCC[C@H](O)CC(=O)O. The Labute approximate surface area is 330 Å². The molecule has 0 saturated heterocycles. The zero-order valence-corrected chi connectivity index (χ0v) is 33.7. The highest BCUT2D eigenvalue weighted by atomic mass is 79.9. The molecule has 0 fully saturated rings. The number of halogens is 2. The Morgan fingerprint density at radius 1 is 0.722 bits per heavy atom. The lowest BCUT2D eigenvalue weighted by Crippen LogP contribution is -2.28. The van der Waals surface area contributed by atoms with Crippen molar-refractivity contribution >= 4 is 43.8 Å². The quantitative estimate of drug-likeness (QED) is 0.0607. The van der Waals surface area contributed by atoms with Crippen LogP contribution in [0.25, 0.3) is 11.1 Å². The van der Waals surface area contributed by atoms with E-state index in [0.717, 1.165) is 38.9 Å². The number of carbonyl (C=O) groups is 2. The van der Waals surface area contributed by atoms with Crippen LogP contribution in [0.2, 0.25) is 0 Å². The summed E-state index contributed by atoms with van der Waals surface area (Å²) in [7, 11) is 3.03. The Morgan fingerprint density at radius 2 is 1.20 bits per heavy atom. The molecular formula is C39H45Br2N3O10. The summed E-state index contributed by atoms with van der Waals surface area (Å²) in [6.45, 7) is 5.01. The molecule has 0 amide bonds. The fourth-order valence-electron chi connectivity index (χ4n) is 5.88. The highest BCUT2D eigenvalue weighted by Gasteiger charge is 2.18. The summed E-state index contributed by atoms with van der Waals surface area (Å²) >= 11 is 7.11. The first-order valence-electron chi connectivity index (χ1n) is 17.2. The summed E-state index contributed by atoms with van der Waals surface area (Å²) in [5.74, 6) is -0.635. The number of carboxylic acid groups (broad SMARTS) is 2. The van der Waals surface area contributed by atoms with E-state index in [0.29, 0.717) is 63.8 Å². The molecule has 13 nitrogen and oxygen atoms in total.